The van der Waals surface area contributed by atoms with Gasteiger partial charge in [-0.3, -0.25) is 5.10 Å². The van der Waals surface area contributed by atoms with Gasteiger partial charge in [-0.05, 0) is 45.7 Å². The molecule has 0 saturated carbocycles. The average Bonchev–Trinajstić information content (AvgIpc) is 2.68. The maximum absolute atomic E-state index is 5.49. The number of aryl methyl sites for hydroxylation is 1. The van der Waals surface area contributed by atoms with Gasteiger partial charge >= 0.3 is 0 Å². The molecule has 2 N–H and O–H groups in total. The van der Waals surface area contributed by atoms with Gasteiger partial charge in [-0.2, -0.15) is 0 Å². The first kappa shape index (κ1) is 13.0. The Kier molecular flexibility index (Phi) is 6.65. The number of unbranched alkanes of at least 4 members (excludes halogenated alkanes) is 2. The van der Waals surface area contributed by atoms with E-state index < -0.39 is 0 Å². The van der Waals surface area contributed by atoms with Crippen LogP contribution >= 0.6 is 0 Å². The third-order valence-electron chi connectivity index (χ3n) is 2.36. The summed E-state index contributed by atoms with van der Waals surface area (Å²) in [6.45, 7) is 7.17. The topological polar surface area (TPSA) is 49.9 Å². The molecule has 0 aromatic carbocycles. The van der Waals surface area contributed by atoms with Crippen LogP contribution in [0.3, 0.4) is 0 Å². The molecular weight excluding hydrogens is 202 g/mol. The highest BCUT2D eigenvalue weighted by Crippen LogP contribution is 2.07. The third-order valence-corrected chi connectivity index (χ3v) is 2.36. The molecule has 0 spiro atoms. The lowest BCUT2D eigenvalue weighted by atomic mass is 10.2. The Hall–Kier alpha value is -1.03. The van der Waals surface area contributed by atoms with Crippen LogP contribution in [0.15, 0.2) is 6.07 Å². The van der Waals surface area contributed by atoms with Crippen molar-refractivity contribution in [3.05, 3.63) is 11.8 Å². The molecule has 0 aliphatic rings. The predicted molar refractivity (Wildman–Crippen MR) is 65.8 cm³/mol. The lowest BCUT2D eigenvalue weighted by Gasteiger charge is -2.03. The Morgan fingerprint density at radius 3 is 2.88 bits per heavy atom. The summed E-state index contributed by atoms with van der Waals surface area (Å²) in [5, 5.41) is 10.3. The van der Waals surface area contributed by atoms with Gasteiger partial charge in [0.2, 0.25) is 5.88 Å². The van der Waals surface area contributed by atoms with Crippen molar-refractivity contribution in [2.45, 2.75) is 39.5 Å². The minimum Gasteiger partial charge on any atom is -0.477 e. The van der Waals surface area contributed by atoms with Gasteiger partial charge < -0.3 is 10.1 Å². The van der Waals surface area contributed by atoms with Crippen molar-refractivity contribution in [2.75, 3.05) is 19.7 Å². The monoisotopic (exact) mass is 225 g/mol. The van der Waals surface area contributed by atoms with Gasteiger partial charge in [0.25, 0.3) is 0 Å². The fraction of sp³-hybridized carbons (Fsp3) is 0.750. The van der Waals surface area contributed by atoms with Gasteiger partial charge in [-0.15, -0.1) is 5.10 Å². The van der Waals surface area contributed by atoms with Gasteiger partial charge in [-0.25, -0.2) is 0 Å². The number of hydrogen-bond acceptors (Lipinski definition) is 3. The summed E-state index contributed by atoms with van der Waals surface area (Å²) < 4.78 is 5.49. The van der Waals surface area contributed by atoms with Crippen LogP contribution in [0.1, 0.15) is 38.3 Å². The number of aromatic amines is 1. The van der Waals surface area contributed by atoms with Gasteiger partial charge in [0.1, 0.15) is 0 Å². The van der Waals surface area contributed by atoms with Crippen LogP contribution in [-0.4, -0.2) is 29.9 Å². The number of aromatic nitrogens is 2. The molecule has 1 aromatic heterocycles. The molecule has 0 atom stereocenters. The lowest BCUT2D eigenvalue weighted by Crippen LogP contribution is -2.15. The van der Waals surface area contributed by atoms with Crippen LogP contribution in [0, 0.1) is 6.92 Å². The van der Waals surface area contributed by atoms with E-state index in [2.05, 4.69) is 22.4 Å². The molecule has 4 heteroatoms. The van der Waals surface area contributed by atoms with E-state index in [4.69, 9.17) is 4.74 Å². The normalized spacial score (nSPS) is 10.6. The predicted octanol–water partition coefficient (Wildman–Crippen LogP) is 2.27. The molecule has 0 unspecified atom stereocenters. The minimum atomic E-state index is 0.710. The molecule has 1 heterocycles. The van der Waals surface area contributed by atoms with Crippen LogP contribution in [0.25, 0.3) is 0 Å². The fourth-order valence-corrected chi connectivity index (χ4v) is 1.47. The van der Waals surface area contributed by atoms with Crippen molar-refractivity contribution in [1.29, 1.82) is 0 Å². The lowest BCUT2D eigenvalue weighted by molar-refractivity contribution is 0.293. The molecular formula is C12H23N3O. The number of hydrogen-bond donors (Lipinski definition) is 2. The Bertz CT molecular complexity index is 273. The molecule has 0 aliphatic heterocycles. The first-order valence-corrected chi connectivity index (χ1v) is 6.18. The molecule has 0 bridgehead atoms. The van der Waals surface area contributed by atoms with Gasteiger partial charge in [0.15, 0.2) is 0 Å². The highest BCUT2D eigenvalue weighted by Gasteiger charge is 1.97. The van der Waals surface area contributed by atoms with E-state index in [-0.39, 0.29) is 0 Å². The number of rotatable bonds is 9. The zero-order chi connectivity index (χ0) is 11.6. The van der Waals surface area contributed by atoms with Crippen molar-refractivity contribution >= 4 is 0 Å². The molecule has 92 valence electrons. The van der Waals surface area contributed by atoms with Crippen molar-refractivity contribution in [3.8, 4) is 5.88 Å². The molecule has 4 nitrogen and oxygen atoms in total. The van der Waals surface area contributed by atoms with Gasteiger partial charge in [-0.1, -0.05) is 6.92 Å². The van der Waals surface area contributed by atoms with E-state index >= 15 is 0 Å². The zero-order valence-corrected chi connectivity index (χ0v) is 10.4. The molecule has 16 heavy (non-hydrogen) atoms. The van der Waals surface area contributed by atoms with Crippen molar-refractivity contribution < 1.29 is 4.74 Å². The number of nitrogens with zero attached hydrogens (tertiary/aromatic N) is 1. The maximum Gasteiger partial charge on any atom is 0.232 e. The largest absolute Gasteiger partial charge is 0.477 e. The van der Waals surface area contributed by atoms with Crippen LogP contribution in [0.4, 0.5) is 0 Å². The smallest absolute Gasteiger partial charge is 0.232 e. The van der Waals surface area contributed by atoms with Crippen LogP contribution < -0.4 is 10.1 Å². The summed E-state index contributed by atoms with van der Waals surface area (Å²) in [5.74, 6) is 0.710. The summed E-state index contributed by atoms with van der Waals surface area (Å²) >= 11 is 0. The molecule has 1 rings (SSSR count). The molecule has 0 fully saturated rings. The highest BCUT2D eigenvalue weighted by atomic mass is 16.5. The summed E-state index contributed by atoms with van der Waals surface area (Å²) in [6.07, 6.45) is 4.74. The second-order valence-electron chi connectivity index (χ2n) is 4.05. The van der Waals surface area contributed by atoms with E-state index in [1.54, 1.807) is 0 Å². The third kappa shape index (κ3) is 5.75. The van der Waals surface area contributed by atoms with E-state index in [0.29, 0.717) is 5.88 Å². The first-order chi connectivity index (χ1) is 7.83. The Labute approximate surface area is 97.8 Å². The number of nitrogens with one attached hydrogen (secondary N) is 2. The highest BCUT2D eigenvalue weighted by molar-refractivity contribution is 5.11. The quantitative estimate of drug-likeness (QED) is 0.634. The summed E-state index contributed by atoms with van der Waals surface area (Å²) in [4.78, 5) is 0. The van der Waals surface area contributed by atoms with E-state index in [9.17, 15) is 0 Å². The van der Waals surface area contributed by atoms with Crippen LogP contribution in [0.2, 0.25) is 0 Å². The van der Waals surface area contributed by atoms with Gasteiger partial charge in [0, 0.05) is 11.8 Å². The first-order valence-electron chi connectivity index (χ1n) is 6.18. The molecule has 0 aliphatic carbocycles. The maximum atomic E-state index is 5.49. The molecule has 1 aromatic rings. The van der Waals surface area contributed by atoms with Crippen molar-refractivity contribution in [2.24, 2.45) is 0 Å². The SMILES string of the molecule is CCCNCCCCCOc1cc(C)[nH]n1. The number of ether oxygens (including phenoxy) is 1. The van der Waals surface area contributed by atoms with Crippen LogP contribution in [-0.2, 0) is 0 Å². The van der Waals surface area contributed by atoms with Crippen molar-refractivity contribution in [1.82, 2.24) is 15.5 Å². The standard InChI is InChI=1S/C12H23N3O/c1-3-7-13-8-5-4-6-9-16-12-10-11(2)14-15-12/h10,13H,3-9H2,1-2H3,(H,14,15). The van der Waals surface area contributed by atoms with Crippen LogP contribution in [0.5, 0.6) is 5.88 Å². The minimum absolute atomic E-state index is 0.710. The van der Waals surface area contributed by atoms with Crippen molar-refractivity contribution in [3.63, 3.8) is 0 Å². The number of H-pyrrole nitrogens is 1. The Balaban J connectivity index is 1.88. The second kappa shape index (κ2) is 8.16. The molecule has 0 radical (unpaired) electrons. The Morgan fingerprint density at radius 1 is 1.31 bits per heavy atom. The summed E-state index contributed by atoms with van der Waals surface area (Å²) in [5.41, 5.74) is 1.04. The van der Waals surface area contributed by atoms with E-state index in [1.165, 1.54) is 19.3 Å². The van der Waals surface area contributed by atoms with E-state index in [1.807, 2.05) is 13.0 Å². The average molecular weight is 225 g/mol. The molecule has 0 amide bonds. The Morgan fingerprint density at radius 2 is 2.19 bits per heavy atom. The molecule has 0 saturated heterocycles. The zero-order valence-electron chi connectivity index (χ0n) is 10.4. The van der Waals surface area contributed by atoms with Gasteiger partial charge in [0.05, 0.1) is 6.61 Å². The summed E-state index contributed by atoms with van der Waals surface area (Å²) in [7, 11) is 0. The van der Waals surface area contributed by atoms with E-state index in [0.717, 1.165) is 31.8 Å². The fourth-order valence-electron chi connectivity index (χ4n) is 1.47. The second-order valence-corrected chi connectivity index (χ2v) is 4.05. The summed E-state index contributed by atoms with van der Waals surface area (Å²) in [6, 6.07) is 1.92.